The van der Waals surface area contributed by atoms with Gasteiger partial charge in [-0.05, 0) is 33.1 Å². The van der Waals surface area contributed by atoms with Gasteiger partial charge in [-0.2, -0.15) is 0 Å². The van der Waals surface area contributed by atoms with Gasteiger partial charge in [-0.15, -0.1) is 0 Å². The first-order valence-electron chi connectivity index (χ1n) is 9.03. The number of unbranched alkanes of at least 4 members (excludes halogenated alkanes) is 1. The Bertz CT molecular complexity index is 495. The van der Waals surface area contributed by atoms with Crippen LogP contribution >= 0.6 is 0 Å². The van der Waals surface area contributed by atoms with Crippen molar-refractivity contribution in [3.8, 4) is 0 Å². The second kappa shape index (κ2) is 11.5. The molecular weight excluding hydrogens is 336 g/mol. The number of ether oxygens (including phenoxy) is 2. The summed E-state index contributed by atoms with van der Waals surface area (Å²) in [6.45, 7) is 10.9. The third-order valence-corrected chi connectivity index (χ3v) is 3.39. The normalized spacial score (nSPS) is 14.0. The second-order valence-corrected chi connectivity index (χ2v) is 7.48. The van der Waals surface area contributed by atoms with Crippen LogP contribution in [0.15, 0.2) is 12.2 Å². The standard InChI is InChI=1S/C19H34N2O5/c1-8-9-10-11-14(12-15(22)25-7)20-17(23)16(13(2)3)21-18(24)26-19(4,5)6/h10-11,13-14,16H,8-9,12H2,1-7H3,(H,20,23)(H,21,24)/b11-10+/t14-,16+/m1/s1. The molecule has 150 valence electrons. The van der Waals surface area contributed by atoms with E-state index < -0.39 is 29.7 Å². The highest BCUT2D eigenvalue weighted by Gasteiger charge is 2.28. The van der Waals surface area contributed by atoms with E-state index in [-0.39, 0.29) is 18.2 Å². The number of rotatable bonds is 9. The third kappa shape index (κ3) is 10.7. The first-order valence-corrected chi connectivity index (χ1v) is 9.03. The fourth-order valence-corrected chi connectivity index (χ4v) is 2.10. The quantitative estimate of drug-likeness (QED) is 0.481. The van der Waals surface area contributed by atoms with Gasteiger partial charge in [0.2, 0.25) is 5.91 Å². The first kappa shape index (κ1) is 23.9. The topological polar surface area (TPSA) is 93.7 Å². The summed E-state index contributed by atoms with van der Waals surface area (Å²) in [6.07, 6.45) is 4.88. The maximum absolute atomic E-state index is 12.6. The lowest BCUT2D eigenvalue weighted by Crippen LogP contribution is -2.53. The van der Waals surface area contributed by atoms with Crippen LogP contribution in [0.2, 0.25) is 0 Å². The molecule has 0 heterocycles. The second-order valence-electron chi connectivity index (χ2n) is 7.48. The zero-order valence-electron chi connectivity index (χ0n) is 17.0. The summed E-state index contributed by atoms with van der Waals surface area (Å²) in [5.41, 5.74) is -0.654. The third-order valence-electron chi connectivity index (χ3n) is 3.39. The van der Waals surface area contributed by atoms with Gasteiger partial charge in [0.15, 0.2) is 0 Å². The summed E-state index contributed by atoms with van der Waals surface area (Å²) in [7, 11) is 1.30. The van der Waals surface area contributed by atoms with Crippen molar-refractivity contribution in [3.05, 3.63) is 12.2 Å². The summed E-state index contributed by atoms with van der Waals surface area (Å²) < 4.78 is 9.90. The van der Waals surface area contributed by atoms with Gasteiger partial charge >= 0.3 is 12.1 Å². The van der Waals surface area contributed by atoms with Crippen molar-refractivity contribution in [2.24, 2.45) is 5.92 Å². The minimum atomic E-state index is -0.774. The Kier molecular flexibility index (Phi) is 10.6. The SMILES string of the molecule is CCC/C=C/[C@H](CC(=O)OC)NC(=O)[C@@H](NC(=O)OC(C)(C)C)C(C)C. The predicted molar refractivity (Wildman–Crippen MR) is 101 cm³/mol. The minimum Gasteiger partial charge on any atom is -0.469 e. The Morgan fingerprint density at radius 1 is 1.12 bits per heavy atom. The Morgan fingerprint density at radius 3 is 2.19 bits per heavy atom. The van der Waals surface area contributed by atoms with Gasteiger partial charge in [0, 0.05) is 0 Å². The Labute approximate surface area is 156 Å². The van der Waals surface area contributed by atoms with Crippen molar-refractivity contribution < 1.29 is 23.9 Å². The van der Waals surface area contributed by atoms with E-state index in [0.717, 1.165) is 12.8 Å². The van der Waals surface area contributed by atoms with Gasteiger partial charge in [-0.1, -0.05) is 39.3 Å². The summed E-state index contributed by atoms with van der Waals surface area (Å²) in [6, 6.07) is -1.27. The number of hydrogen-bond donors (Lipinski definition) is 2. The molecule has 0 radical (unpaired) electrons. The lowest BCUT2D eigenvalue weighted by atomic mass is 10.0. The molecule has 0 spiro atoms. The van der Waals surface area contributed by atoms with E-state index in [0.29, 0.717) is 0 Å². The largest absolute Gasteiger partial charge is 0.469 e. The van der Waals surface area contributed by atoms with Gasteiger partial charge in [-0.3, -0.25) is 9.59 Å². The fourth-order valence-electron chi connectivity index (χ4n) is 2.10. The van der Waals surface area contributed by atoms with Crippen LogP contribution in [0.25, 0.3) is 0 Å². The van der Waals surface area contributed by atoms with E-state index in [9.17, 15) is 14.4 Å². The number of allylic oxidation sites excluding steroid dienone is 1. The lowest BCUT2D eigenvalue weighted by molar-refractivity contribution is -0.141. The zero-order valence-corrected chi connectivity index (χ0v) is 17.0. The summed E-state index contributed by atoms with van der Waals surface area (Å²) in [4.78, 5) is 36.2. The highest BCUT2D eigenvalue weighted by Crippen LogP contribution is 2.10. The number of nitrogens with one attached hydrogen (secondary N) is 2. The molecule has 0 bridgehead atoms. The van der Waals surface area contributed by atoms with E-state index >= 15 is 0 Å². The first-order chi connectivity index (χ1) is 12.0. The Balaban J connectivity index is 5.05. The smallest absolute Gasteiger partial charge is 0.408 e. The van der Waals surface area contributed by atoms with Crippen LogP contribution in [0.4, 0.5) is 4.79 Å². The number of alkyl carbamates (subject to hydrolysis) is 1. The van der Waals surface area contributed by atoms with Crippen LogP contribution in [-0.2, 0) is 19.1 Å². The molecule has 0 unspecified atom stereocenters. The molecule has 26 heavy (non-hydrogen) atoms. The molecule has 7 nitrogen and oxygen atoms in total. The minimum absolute atomic E-state index is 0.0275. The number of carbonyl (C=O) groups excluding carboxylic acids is 3. The van der Waals surface area contributed by atoms with E-state index in [4.69, 9.17) is 4.74 Å². The Hall–Kier alpha value is -2.05. The maximum Gasteiger partial charge on any atom is 0.408 e. The molecule has 0 aromatic heterocycles. The van der Waals surface area contributed by atoms with Crippen molar-refractivity contribution in [3.63, 3.8) is 0 Å². The van der Waals surface area contributed by atoms with E-state index in [1.807, 2.05) is 26.8 Å². The van der Waals surface area contributed by atoms with Crippen LogP contribution in [0, 0.1) is 5.92 Å². The van der Waals surface area contributed by atoms with Gasteiger partial charge in [-0.25, -0.2) is 4.79 Å². The van der Waals surface area contributed by atoms with Crippen LogP contribution in [0.5, 0.6) is 0 Å². The summed E-state index contributed by atoms with van der Waals surface area (Å²) >= 11 is 0. The zero-order chi connectivity index (χ0) is 20.3. The van der Waals surface area contributed by atoms with Crippen LogP contribution in [-0.4, -0.2) is 42.8 Å². The van der Waals surface area contributed by atoms with Crippen molar-refractivity contribution in [1.82, 2.24) is 10.6 Å². The number of methoxy groups -OCH3 is 1. The molecular formula is C19H34N2O5. The molecule has 0 aliphatic rings. The van der Waals surface area contributed by atoms with Crippen molar-refractivity contribution in [2.45, 2.75) is 78.5 Å². The molecule has 0 aliphatic heterocycles. The van der Waals surface area contributed by atoms with Crippen molar-refractivity contribution in [2.75, 3.05) is 7.11 Å². The predicted octanol–water partition coefficient (Wildman–Crippen LogP) is 2.94. The molecule has 0 rings (SSSR count). The molecule has 2 N–H and O–H groups in total. The maximum atomic E-state index is 12.6. The molecule has 0 saturated heterocycles. The average molecular weight is 370 g/mol. The van der Waals surface area contributed by atoms with Gasteiger partial charge in [0.05, 0.1) is 19.6 Å². The highest BCUT2D eigenvalue weighted by molar-refractivity contribution is 5.86. The lowest BCUT2D eigenvalue weighted by Gasteiger charge is -2.26. The van der Waals surface area contributed by atoms with Gasteiger partial charge < -0.3 is 20.1 Å². The average Bonchev–Trinajstić information content (AvgIpc) is 2.50. The molecule has 2 atom stereocenters. The fraction of sp³-hybridized carbons (Fsp3) is 0.737. The van der Waals surface area contributed by atoms with Crippen molar-refractivity contribution in [1.29, 1.82) is 0 Å². The Morgan fingerprint density at radius 2 is 1.73 bits per heavy atom. The van der Waals surface area contributed by atoms with Crippen LogP contribution < -0.4 is 10.6 Å². The number of amides is 2. The molecule has 0 aliphatic carbocycles. The molecule has 0 fully saturated rings. The number of hydrogen-bond acceptors (Lipinski definition) is 5. The summed E-state index contributed by atoms with van der Waals surface area (Å²) in [5.74, 6) is -0.945. The van der Waals surface area contributed by atoms with Crippen LogP contribution in [0.3, 0.4) is 0 Å². The molecule has 0 aromatic rings. The van der Waals surface area contributed by atoms with Crippen molar-refractivity contribution >= 4 is 18.0 Å². The van der Waals surface area contributed by atoms with Gasteiger partial charge in [0.1, 0.15) is 11.6 Å². The molecule has 2 amide bonds. The molecule has 0 saturated carbocycles. The molecule has 7 heteroatoms. The van der Waals surface area contributed by atoms with E-state index in [1.54, 1.807) is 26.8 Å². The highest BCUT2D eigenvalue weighted by atomic mass is 16.6. The number of carbonyl (C=O) groups is 3. The van der Waals surface area contributed by atoms with E-state index in [2.05, 4.69) is 15.4 Å². The molecule has 0 aromatic carbocycles. The van der Waals surface area contributed by atoms with E-state index in [1.165, 1.54) is 7.11 Å². The van der Waals surface area contributed by atoms with Gasteiger partial charge in [0.25, 0.3) is 0 Å². The summed E-state index contributed by atoms with van der Waals surface area (Å²) in [5, 5.41) is 5.39. The number of esters is 1. The van der Waals surface area contributed by atoms with Crippen LogP contribution in [0.1, 0.15) is 60.8 Å². The monoisotopic (exact) mass is 370 g/mol.